The minimum atomic E-state index is 0.449. The van der Waals surface area contributed by atoms with Crippen molar-refractivity contribution in [3.63, 3.8) is 0 Å². The van der Waals surface area contributed by atoms with Crippen molar-refractivity contribution in [2.75, 3.05) is 26.8 Å². The molecule has 0 aromatic heterocycles. The monoisotopic (exact) mass is 192 g/mol. The molecule has 3 heteroatoms. The minimum absolute atomic E-state index is 0.449. The second-order valence-corrected chi connectivity index (χ2v) is 3.94. The van der Waals surface area contributed by atoms with Gasteiger partial charge >= 0.3 is 0 Å². The summed E-state index contributed by atoms with van der Waals surface area (Å²) in [5, 5.41) is 0. The molecule has 1 unspecified atom stereocenters. The van der Waals surface area contributed by atoms with Crippen LogP contribution < -0.4 is 0 Å². The highest BCUT2D eigenvalue weighted by atomic mass is 16.5. The molecule has 2 aliphatic rings. The third-order valence-corrected chi connectivity index (χ3v) is 2.77. The van der Waals surface area contributed by atoms with Gasteiger partial charge in [0.2, 0.25) is 0 Å². The average molecular weight is 192 g/mol. The van der Waals surface area contributed by atoms with Crippen LogP contribution in [0.3, 0.4) is 0 Å². The second kappa shape index (κ2) is 3.58. The predicted octanol–water partition coefficient (Wildman–Crippen LogP) is 1.44. The summed E-state index contributed by atoms with van der Waals surface area (Å²) >= 11 is 0. The van der Waals surface area contributed by atoms with Crippen molar-refractivity contribution < 1.29 is 4.74 Å². The Balaban J connectivity index is 2.20. The highest BCUT2D eigenvalue weighted by molar-refractivity contribution is 5.87. The molecule has 0 radical (unpaired) electrons. The van der Waals surface area contributed by atoms with Crippen LogP contribution in [-0.2, 0) is 4.74 Å². The summed E-state index contributed by atoms with van der Waals surface area (Å²) in [6, 6.07) is 0. The van der Waals surface area contributed by atoms with Gasteiger partial charge in [-0.25, -0.2) is 4.99 Å². The van der Waals surface area contributed by atoms with E-state index in [9.17, 15) is 0 Å². The maximum absolute atomic E-state index is 5.36. The molecule has 0 aliphatic carbocycles. The number of amidine groups is 1. The van der Waals surface area contributed by atoms with Crippen LogP contribution in [0, 0.1) is 5.92 Å². The van der Waals surface area contributed by atoms with E-state index in [0.717, 1.165) is 43.3 Å². The van der Waals surface area contributed by atoms with Gasteiger partial charge in [0, 0.05) is 26.1 Å². The van der Waals surface area contributed by atoms with Gasteiger partial charge in [-0.3, -0.25) is 0 Å². The first-order valence-corrected chi connectivity index (χ1v) is 4.93. The van der Waals surface area contributed by atoms with E-state index in [1.807, 2.05) is 0 Å². The zero-order chi connectivity index (χ0) is 10.1. The molecule has 0 amide bonds. The lowest BCUT2D eigenvalue weighted by Gasteiger charge is -2.30. The van der Waals surface area contributed by atoms with Crippen molar-refractivity contribution in [3.05, 3.63) is 24.4 Å². The van der Waals surface area contributed by atoms with Gasteiger partial charge in [-0.1, -0.05) is 13.2 Å². The third kappa shape index (κ3) is 1.60. The van der Waals surface area contributed by atoms with Crippen LogP contribution in [0.2, 0.25) is 0 Å². The fourth-order valence-electron chi connectivity index (χ4n) is 1.90. The molecule has 0 aromatic carbocycles. The Morgan fingerprint density at radius 1 is 1.50 bits per heavy atom. The van der Waals surface area contributed by atoms with Crippen molar-refractivity contribution >= 4 is 5.84 Å². The molecule has 2 rings (SSSR count). The first kappa shape index (κ1) is 9.46. The Bertz CT molecular complexity index is 300. The summed E-state index contributed by atoms with van der Waals surface area (Å²) in [7, 11) is 2.05. The van der Waals surface area contributed by atoms with Gasteiger partial charge in [0.25, 0.3) is 0 Å². The molecular weight excluding hydrogens is 176 g/mol. The van der Waals surface area contributed by atoms with Gasteiger partial charge in [-0.15, -0.1) is 0 Å². The van der Waals surface area contributed by atoms with E-state index in [0.29, 0.717) is 5.92 Å². The number of ether oxygens (including phenoxy) is 1. The fourth-order valence-corrected chi connectivity index (χ4v) is 1.90. The molecule has 14 heavy (non-hydrogen) atoms. The quantitative estimate of drug-likeness (QED) is 0.628. The molecule has 76 valence electrons. The van der Waals surface area contributed by atoms with Gasteiger partial charge in [-0.2, -0.15) is 0 Å². The van der Waals surface area contributed by atoms with E-state index < -0.39 is 0 Å². The Hall–Kier alpha value is -1.09. The Labute approximate surface area is 84.8 Å². The third-order valence-electron chi connectivity index (χ3n) is 2.77. The molecule has 2 heterocycles. The summed E-state index contributed by atoms with van der Waals surface area (Å²) in [5.41, 5.74) is 1.83. The number of likely N-dealkylation sites (N-methyl/N-ethyl adjacent to an activating group) is 1. The second-order valence-electron chi connectivity index (χ2n) is 3.94. The Morgan fingerprint density at radius 2 is 2.29 bits per heavy atom. The summed E-state index contributed by atoms with van der Waals surface area (Å²) < 4.78 is 5.36. The van der Waals surface area contributed by atoms with E-state index in [1.54, 1.807) is 0 Å². The van der Waals surface area contributed by atoms with Crippen molar-refractivity contribution in [1.82, 2.24) is 4.90 Å². The number of rotatable bonds is 1. The fraction of sp³-hybridized carbons (Fsp3) is 0.545. The van der Waals surface area contributed by atoms with Gasteiger partial charge in [0.15, 0.2) is 0 Å². The standard InChI is InChI=1S/C11H16N2O/c1-8-6-13(3)11(12-9(8)2)10-4-5-14-7-10/h10H,1-2,4-7H2,3H3. The Morgan fingerprint density at radius 3 is 2.93 bits per heavy atom. The predicted molar refractivity (Wildman–Crippen MR) is 57.3 cm³/mol. The van der Waals surface area contributed by atoms with E-state index in [4.69, 9.17) is 4.74 Å². The molecule has 2 aliphatic heterocycles. The van der Waals surface area contributed by atoms with Crippen LogP contribution >= 0.6 is 0 Å². The summed E-state index contributed by atoms with van der Waals surface area (Å²) in [6.45, 7) is 10.3. The maximum atomic E-state index is 5.36. The van der Waals surface area contributed by atoms with Crippen molar-refractivity contribution in [2.45, 2.75) is 6.42 Å². The first-order chi connectivity index (χ1) is 6.68. The zero-order valence-electron chi connectivity index (χ0n) is 8.62. The van der Waals surface area contributed by atoms with Crippen molar-refractivity contribution in [2.24, 2.45) is 10.9 Å². The molecule has 0 spiro atoms. The van der Waals surface area contributed by atoms with E-state index in [2.05, 4.69) is 30.1 Å². The molecule has 0 saturated carbocycles. The highest BCUT2D eigenvalue weighted by Gasteiger charge is 2.27. The van der Waals surface area contributed by atoms with E-state index in [-0.39, 0.29) is 0 Å². The molecule has 1 saturated heterocycles. The maximum Gasteiger partial charge on any atom is 0.110 e. The van der Waals surface area contributed by atoms with Gasteiger partial charge in [0.05, 0.1) is 12.3 Å². The molecule has 0 aromatic rings. The van der Waals surface area contributed by atoms with Crippen molar-refractivity contribution in [1.29, 1.82) is 0 Å². The number of aliphatic imine (C=N–C) groups is 1. The molecular formula is C11H16N2O. The molecule has 1 fully saturated rings. The normalized spacial score (nSPS) is 28.2. The van der Waals surface area contributed by atoms with Gasteiger partial charge in [0.1, 0.15) is 5.84 Å². The zero-order valence-corrected chi connectivity index (χ0v) is 8.62. The van der Waals surface area contributed by atoms with Gasteiger partial charge in [-0.05, 0) is 12.0 Å². The highest BCUT2D eigenvalue weighted by Crippen LogP contribution is 2.23. The lowest BCUT2D eigenvalue weighted by molar-refractivity contribution is 0.191. The summed E-state index contributed by atoms with van der Waals surface area (Å²) in [4.78, 5) is 6.64. The van der Waals surface area contributed by atoms with Crippen LogP contribution in [0.1, 0.15) is 6.42 Å². The lowest BCUT2D eigenvalue weighted by atomic mass is 10.0. The van der Waals surface area contributed by atoms with Gasteiger partial charge < -0.3 is 9.64 Å². The summed E-state index contributed by atoms with van der Waals surface area (Å²) in [6.07, 6.45) is 1.07. The van der Waals surface area contributed by atoms with Crippen LogP contribution in [-0.4, -0.2) is 37.5 Å². The molecule has 3 nitrogen and oxygen atoms in total. The van der Waals surface area contributed by atoms with Crippen LogP contribution in [0.15, 0.2) is 29.4 Å². The van der Waals surface area contributed by atoms with Crippen molar-refractivity contribution in [3.8, 4) is 0 Å². The minimum Gasteiger partial charge on any atom is -0.381 e. The number of nitrogens with zero attached hydrogens (tertiary/aromatic N) is 2. The number of hydrogen-bond acceptors (Lipinski definition) is 3. The van der Waals surface area contributed by atoms with Crippen LogP contribution in [0.5, 0.6) is 0 Å². The number of hydrogen-bond donors (Lipinski definition) is 0. The largest absolute Gasteiger partial charge is 0.381 e. The lowest BCUT2D eigenvalue weighted by Crippen LogP contribution is -2.37. The molecule has 0 bridgehead atoms. The SMILES string of the molecule is C=C1CN(C)C(C2CCOC2)=NC1=C. The van der Waals surface area contributed by atoms with E-state index >= 15 is 0 Å². The topological polar surface area (TPSA) is 24.8 Å². The van der Waals surface area contributed by atoms with Crippen LogP contribution in [0.25, 0.3) is 0 Å². The molecule has 0 N–H and O–H groups in total. The smallest absolute Gasteiger partial charge is 0.110 e. The molecule has 1 atom stereocenters. The Kier molecular flexibility index (Phi) is 2.42. The summed E-state index contributed by atoms with van der Waals surface area (Å²) in [5.74, 6) is 1.56. The van der Waals surface area contributed by atoms with E-state index in [1.165, 1.54) is 0 Å². The first-order valence-electron chi connectivity index (χ1n) is 4.93. The average Bonchev–Trinajstić information content (AvgIpc) is 2.64. The van der Waals surface area contributed by atoms with Crippen LogP contribution in [0.4, 0.5) is 0 Å².